The van der Waals surface area contributed by atoms with Gasteiger partial charge in [-0.3, -0.25) is 4.79 Å². The smallest absolute Gasteiger partial charge is 0.254 e. The lowest BCUT2D eigenvalue weighted by molar-refractivity contribution is -0.0824. The lowest BCUT2D eigenvalue weighted by atomic mass is 9.79. The fourth-order valence-corrected chi connectivity index (χ4v) is 4.25. The van der Waals surface area contributed by atoms with Crippen molar-refractivity contribution in [2.75, 3.05) is 13.7 Å². The number of aliphatic hydroxyl groups is 1. The molecule has 1 aliphatic carbocycles. The molecular formula is C18H23N5O3. The minimum atomic E-state index is -0.373. The van der Waals surface area contributed by atoms with Crippen molar-refractivity contribution in [3.05, 3.63) is 29.8 Å². The van der Waals surface area contributed by atoms with Crippen molar-refractivity contribution in [3.63, 3.8) is 0 Å². The minimum absolute atomic E-state index is 0.0262. The van der Waals surface area contributed by atoms with Crippen LogP contribution in [-0.2, 0) is 11.8 Å². The number of benzene rings is 1. The number of amides is 1. The van der Waals surface area contributed by atoms with Crippen molar-refractivity contribution in [1.29, 1.82) is 0 Å². The molecule has 2 heterocycles. The van der Waals surface area contributed by atoms with E-state index in [0.29, 0.717) is 24.4 Å². The monoisotopic (exact) mass is 357 g/mol. The van der Waals surface area contributed by atoms with Crippen LogP contribution in [0.1, 0.15) is 36.0 Å². The molecule has 8 nitrogen and oxygen atoms in total. The van der Waals surface area contributed by atoms with Crippen molar-refractivity contribution < 1.29 is 14.6 Å². The van der Waals surface area contributed by atoms with Gasteiger partial charge in [0, 0.05) is 24.8 Å². The fraction of sp³-hybridized carbons (Fsp3) is 0.556. The second kappa shape index (κ2) is 6.44. The molecule has 8 heteroatoms. The molecule has 3 atom stereocenters. The van der Waals surface area contributed by atoms with E-state index in [0.717, 1.165) is 24.8 Å². The van der Waals surface area contributed by atoms with Gasteiger partial charge in [-0.25, -0.2) is 0 Å². The topological polar surface area (TPSA) is 93.4 Å². The molecule has 1 amide bonds. The van der Waals surface area contributed by atoms with Gasteiger partial charge in [0.25, 0.3) is 5.91 Å². The van der Waals surface area contributed by atoms with Gasteiger partial charge in [0.05, 0.1) is 24.8 Å². The van der Waals surface area contributed by atoms with Gasteiger partial charge in [0.2, 0.25) is 5.82 Å². The second-order valence-electron chi connectivity index (χ2n) is 7.14. The van der Waals surface area contributed by atoms with E-state index in [1.54, 1.807) is 26.3 Å². The van der Waals surface area contributed by atoms with Crippen LogP contribution in [0.3, 0.4) is 0 Å². The molecule has 1 N–H and O–H groups in total. The highest BCUT2D eigenvalue weighted by molar-refractivity contribution is 5.95. The molecular weight excluding hydrogens is 334 g/mol. The maximum atomic E-state index is 13.1. The Hall–Kier alpha value is -2.32. The zero-order chi connectivity index (χ0) is 18.3. The summed E-state index contributed by atoms with van der Waals surface area (Å²) >= 11 is 0. The van der Waals surface area contributed by atoms with E-state index >= 15 is 0 Å². The first-order valence-electron chi connectivity index (χ1n) is 8.91. The van der Waals surface area contributed by atoms with E-state index in [9.17, 15) is 9.90 Å². The van der Waals surface area contributed by atoms with Crippen molar-refractivity contribution in [1.82, 2.24) is 25.1 Å². The highest BCUT2D eigenvalue weighted by atomic mass is 16.5. The first-order valence-corrected chi connectivity index (χ1v) is 8.91. The predicted molar refractivity (Wildman–Crippen MR) is 93.3 cm³/mol. The summed E-state index contributed by atoms with van der Waals surface area (Å²) in [6.07, 6.45) is 2.53. The Morgan fingerprint density at radius 1 is 1.31 bits per heavy atom. The van der Waals surface area contributed by atoms with Crippen LogP contribution in [0.5, 0.6) is 0 Å². The normalized spacial score (nSPS) is 28.2. The Labute approximate surface area is 151 Å². The lowest BCUT2D eigenvalue weighted by Gasteiger charge is -2.42. The first-order chi connectivity index (χ1) is 12.5. The standard InChI is InChI=1S/C18H23N5O3/c1-22-20-16(19-21-22)12-3-5-13(6-4-12)17(25)23-10-9-18(26-2)8-7-14(24)11-15(18)23/h3-6,14-15,24H,7-11H2,1-2H3/t14-,15+,18-/m1/s1. The third kappa shape index (κ3) is 2.79. The zero-order valence-electron chi connectivity index (χ0n) is 15.0. The Bertz CT molecular complexity index is 805. The number of hydrogen-bond acceptors (Lipinski definition) is 6. The summed E-state index contributed by atoms with van der Waals surface area (Å²) in [5.74, 6) is 0.503. The summed E-state index contributed by atoms with van der Waals surface area (Å²) in [6, 6.07) is 7.17. The molecule has 4 rings (SSSR count). The quantitative estimate of drug-likeness (QED) is 0.882. The summed E-state index contributed by atoms with van der Waals surface area (Å²) in [6.45, 7) is 0.650. The van der Waals surface area contributed by atoms with Gasteiger partial charge >= 0.3 is 0 Å². The number of nitrogens with zero attached hydrogens (tertiary/aromatic N) is 5. The van der Waals surface area contributed by atoms with Gasteiger partial charge in [-0.05, 0) is 43.0 Å². The van der Waals surface area contributed by atoms with Crippen LogP contribution in [0.4, 0.5) is 0 Å². The van der Waals surface area contributed by atoms with Crippen LogP contribution < -0.4 is 0 Å². The molecule has 1 saturated heterocycles. The molecule has 2 aromatic rings. The third-order valence-electron chi connectivity index (χ3n) is 5.72. The Morgan fingerprint density at radius 2 is 2.08 bits per heavy atom. The van der Waals surface area contributed by atoms with Gasteiger partial charge in [-0.15, -0.1) is 10.2 Å². The van der Waals surface area contributed by atoms with Gasteiger partial charge in [0.1, 0.15) is 0 Å². The Balaban J connectivity index is 1.55. The van der Waals surface area contributed by atoms with E-state index in [-0.39, 0.29) is 23.7 Å². The first kappa shape index (κ1) is 17.1. The third-order valence-corrected chi connectivity index (χ3v) is 5.72. The molecule has 1 aliphatic heterocycles. The molecule has 0 spiro atoms. The molecule has 26 heavy (non-hydrogen) atoms. The van der Waals surface area contributed by atoms with Crippen LogP contribution >= 0.6 is 0 Å². The van der Waals surface area contributed by atoms with E-state index in [1.165, 1.54) is 4.80 Å². The summed E-state index contributed by atoms with van der Waals surface area (Å²) in [4.78, 5) is 16.3. The maximum Gasteiger partial charge on any atom is 0.254 e. The van der Waals surface area contributed by atoms with Crippen molar-refractivity contribution in [2.45, 2.75) is 43.4 Å². The highest BCUT2D eigenvalue weighted by Crippen LogP contribution is 2.42. The number of likely N-dealkylation sites (tertiary alicyclic amines) is 1. The number of aromatic nitrogens is 4. The number of tetrazole rings is 1. The van der Waals surface area contributed by atoms with Crippen LogP contribution in [0.15, 0.2) is 24.3 Å². The number of aliphatic hydroxyl groups excluding tert-OH is 1. The predicted octanol–water partition coefficient (Wildman–Crippen LogP) is 1.02. The molecule has 2 fully saturated rings. The summed E-state index contributed by atoms with van der Waals surface area (Å²) in [5, 5.41) is 22.1. The number of methoxy groups -OCH3 is 1. The molecule has 0 unspecified atom stereocenters. The maximum absolute atomic E-state index is 13.1. The van der Waals surface area contributed by atoms with Gasteiger partial charge in [-0.1, -0.05) is 12.1 Å². The summed E-state index contributed by atoms with van der Waals surface area (Å²) < 4.78 is 5.82. The van der Waals surface area contributed by atoms with Gasteiger partial charge in [0.15, 0.2) is 0 Å². The average Bonchev–Trinajstić information content (AvgIpc) is 3.25. The van der Waals surface area contributed by atoms with E-state index < -0.39 is 0 Å². The summed E-state index contributed by atoms with van der Waals surface area (Å²) in [7, 11) is 3.42. The second-order valence-corrected chi connectivity index (χ2v) is 7.14. The van der Waals surface area contributed by atoms with Crippen LogP contribution in [-0.4, -0.2) is 67.5 Å². The molecule has 1 aromatic carbocycles. The molecule has 2 aliphatic rings. The Morgan fingerprint density at radius 3 is 2.73 bits per heavy atom. The lowest BCUT2D eigenvalue weighted by Crippen LogP contribution is -2.52. The molecule has 1 saturated carbocycles. The van der Waals surface area contributed by atoms with Crippen molar-refractivity contribution in [2.24, 2.45) is 7.05 Å². The van der Waals surface area contributed by atoms with Crippen molar-refractivity contribution >= 4 is 5.91 Å². The van der Waals surface area contributed by atoms with E-state index in [4.69, 9.17) is 4.74 Å². The fourth-order valence-electron chi connectivity index (χ4n) is 4.25. The average molecular weight is 357 g/mol. The zero-order valence-corrected chi connectivity index (χ0v) is 15.0. The number of hydrogen-bond donors (Lipinski definition) is 1. The van der Waals surface area contributed by atoms with Gasteiger partial charge < -0.3 is 14.7 Å². The molecule has 138 valence electrons. The minimum Gasteiger partial charge on any atom is -0.393 e. The SMILES string of the molecule is CO[C@@]12CC[C@@H](O)C[C@@H]1N(C(=O)c1ccc(-c3nnn(C)n3)cc1)CC2. The van der Waals surface area contributed by atoms with E-state index in [1.807, 2.05) is 17.0 Å². The number of fused-ring (bicyclic) bond motifs is 1. The number of rotatable bonds is 3. The number of carbonyl (C=O) groups excluding carboxylic acids is 1. The largest absolute Gasteiger partial charge is 0.393 e. The van der Waals surface area contributed by atoms with Crippen molar-refractivity contribution in [3.8, 4) is 11.4 Å². The molecule has 1 aromatic heterocycles. The van der Waals surface area contributed by atoms with E-state index in [2.05, 4.69) is 15.4 Å². The molecule has 0 radical (unpaired) electrons. The number of carbonyl (C=O) groups is 1. The number of aryl methyl sites for hydroxylation is 1. The van der Waals surface area contributed by atoms with Crippen LogP contribution in [0, 0.1) is 0 Å². The van der Waals surface area contributed by atoms with Crippen LogP contribution in [0.2, 0.25) is 0 Å². The molecule has 0 bridgehead atoms. The van der Waals surface area contributed by atoms with Crippen LogP contribution in [0.25, 0.3) is 11.4 Å². The highest BCUT2D eigenvalue weighted by Gasteiger charge is 2.52. The number of ether oxygens (including phenoxy) is 1. The summed E-state index contributed by atoms with van der Waals surface area (Å²) in [5.41, 5.74) is 1.11. The Kier molecular flexibility index (Phi) is 4.24. The van der Waals surface area contributed by atoms with Gasteiger partial charge in [-0.2, -0.15) is 4.80 Å².